The maximum atomic E-state index is 13.2. The summed E-state index contributed by atoms with van der Waals surface area (Å²) in [5.41, 5.74) is 4.31. The van der Waals surface area contributed by atoms with E-state index in [1.165, 1.54) is 18.1 Å². The van der Waals surface area contributed by atoms with Gasteiger partial charge >= 0.3 is 0 Å². The van der Waals surface area contributed by atoms with E-state index in [0.29, 0.717) is 5.69 Å². The maximum absolute atomic E-state index is 13.2. The summed E-state index contributed by atoms with van der Waals surface area (Å²) in [6.45, 7) is 3.85. The first-order valence-electron chi connectivity index (χ1n) is 18.1. The van der Waals surface area contributed by atoms with E-state index in [1.807, 2.05) is 24.3 Å². The van der Waals surface area contributed by atoms with Gasteiger partial charge in [0.25, 0.3) is 11.8 Å². The number of hydrogen-bond donors (Lipinski definition) is 2. The lowest BCUT2D eigenvalue weighted by atomic mass is 9.89. The average Bonchev–Trinajstić information content (AvgIpc) is 3.41. The summed E-state index contributed by atoms with van der Waals surface area (Å²) < 4.78 is 12.3. The van der Waals surface area contributed by atoms with Crippen molar-refractivity contribution in [1.82, 2.24) is 20.2 Å². The quantitative estimate of drug-likeness (QED) is 0.132. The van der Waals surface area contributed by atoms with Crippen LogP contribution in [0.5, 0.6) is 11.5 Å². The van der Waals surface area contributed by atoms with Gasteiger partial charge in [-0.05, 0) is 98.2 Å². The molecule has 2 aliphatic heterocycles. The van der Waals surface area contributed by atoms with Crippen molar-refractivity contribution in [2.75, 3.05) is 5.32 Å². The van der Waals surface area contributed by atoms with E-state index < -0.39 is 29.7 Å². The van der Waals surface area contributed by atoms with Crippen LogP contribution in [-0.2, 0) is 16.2 Å². The summed E-state index contributed by atoms with van der Waals surface area (Å²) in [4.78, 5) is 71.0. The van der Waals surface area contributed by atoms with Gasteiger partial charge in [-0.15, -0.1) is 0 Å². The van der Waals surface area contributed by atoms with Gasteiger partial charge in [0.05, 0.1) is 22.9 Å². The van der Waals surface area contributed by atoms with Crippen LogP contribution in [0.4, 0.5) is 5.69 Å². The highest BCUT2D eigenvalue weighted by Crippen LogP contribution is 2.33. The summed E-state index contributed by atoms with van der Waals surface area (Å²) in [6, 6.07) is 22.5. The number of anilines is 1. The van der Waals surface area contributed by atoms with Gasteiger partial charge in [0.15, 0.2) is 11.6 Å². The molecule has 4 amide bonds. The lowest BCUT2D eigenvalue weighted by Gasteiger charge is -2.30. The summed E-state index contributed by atoms with van der Waals surface area (Å²) in [5.74, 6) is -0.270. The number of nitrogens with zero attached hydrogens (tertiary/aromatic N) is 3. The molecular formula is C41H41N5O7. The van der Waals surface area contributed by atoms with Crippen LogP contribution in [0.25, 0.3) is 0 Å². The zero-order chi connectivity index (χ0) is 37.1. The molecule has 0 radical (unpaired) electrons. The highest BCUT2D eigenvalue weighted by atomic mass is 16.5. The molecule has 1 saturated carbocycles. The van der Waals surface area contributed by atoms with Crippen molar-refractivity contribution in [3.63, 3.8) is 0 Å². The third-order valence-electron chi connectivity index (χ3n) is 10.2. The lowest BCUT2D eigenvalue weighted by molar-refractivity contribution is -0.136. The van der Waals surface area contributed by atoms with Gasteiger partial charge in [0.1, 0.15) is 24.1 Å². The molecule has 3 aromatic carbocycles. The van der Waals surface area contributed by atoms with Crippen LogP contribution in [0.15, 0.2) is 79.0 Å². The second-order valence-electron chi connectivity index (χ2n) is 13.8. The molecule has 2 fully saturated rings. The number of nitrogens with one attached hydrogen (secondary N) is 2. The Balaban J connectivity index is 0.892. The van der Waals surface area contributed by atoms with Crippen molar-refractivity contribution in [2.45, 2.75) is 89.5 Å². The largest absolute Gasteiger partial charge is 0.490 e. The van der Waals surface area contributed by atoms with Gasteiger partial charge < -0.3 is 14.8 Å². The van der Waals surface area contributed by atoms with E-state index in [1.54, 1.807) is 30.5 Å². The smallest absolute Gasteiger partial charge is 0.262 e. The van der Waals surface area contributed by atoms with Crippen LogP contribution in [0.1, 0.15) is 113 Å². The molecule has 272 valence electrons. The number of benzene rings is 3. The second-order valence-corrected chi connectivity index (χ2v) is 13.8. The first-order valence-corrected chi connectivity index (χ1v) is 18.1. The van der Waals surface area contributed by atoms with Crippen LogP contribution in [0, 0.1) is 0 Å². The molecule has 12 heteroatoms. The molecule has 3 aliphatic rings. The van der Waals surface area contributed by atoms with E-state index in [-0.39, 0.29) is 60.2 Å². The van der Waals surface area contributed by atoms with E-state index in [2.05, 4.69) is 51.8 Å². The molecular weight excluding hydrogens is 674 g/mol. The number of imide groups is 2. The topological polar surface area (TPSA) is 157 Å². The minimum Gasteiger partial charge on any atom is -0.490 e. The molecule has 7 rings (SSSR count). The van der Waals surface area contributed by atoms with E-state index in [0.717, 1.165) is 54.2 Å². The number of carbonyl (C=O) groups is 5. The summed E-state index contributed by atoms with van der Waals surface area (Å²) in [6.07, 6.45) is 6.29. The zero-order valence-electron chi connectivity index (χ0n) is 29.7. The number of piperidine rings is 1. The number of ether oxygens (including phenoxy) is 2. The molecule has 1 saturated heterocycles. The fraction of sp³-hybridized carbons (Fsp3) is 0.341. The highest BCUT2D eigenvalue weighted by molar-refractivity contribution is 6.23. The van der Waals surface area contributed by atoms with Gasteiger partial charge in [0.2, 0.25) is 11.8 Å². The van der Waals surface area contributed by atoms with E-state index in [9.17, 15) is 24.0 Å². The van der Waals surface area contributed by atoms with Gasteiger partial charge in [-0.25, -0.2) is 9.97 Å². The van der Waals surface area contributed by atoms with Gasteiger partial charge in [0, 0.05) is 37.2 Å². The Morgan fingerprint density at radius 1 is 0.868 bits per heavy atom. The Morgan fingerprint density at radius 3 is 2.21 bits per heavy atom. The Morgan fingerprint density at radius 2 is 1.55 bits per heavy atom. The Kier molecular flexibility index (Phi) is 10.3. The third-order valence-corrected chi connectivity index (χ3v) is 10.2. The minimum atomic E-state index is -0.984. The summed E-state index contributed by atoms with van der Waals surface area (Å²) >= 11 is 0. The molecule has 0 unspecified atom stereocenters. The molecule has 0 bridgehead atoms. The van der Waals surface area contributed by atoms with Crippen LogP contribution >= 0.6 is 0 Å². The van der Waals surface area contributed by atoms with Crippen molar-refractivity contribution in [3.8, 4) is 11.5 Å². The highest BCUT2D eigenvalue weighted by Gasteiger charge is 2.44. The fourth-order valence-corrected chi connectivity index (χ4v) is 7.36. The number of fused-ring (bicyclic) bond motifs is 1. The van der Waals surface area contributed by atoms with Crippen LogP contribution < -0.4 is 20.1 Å². The van der Waals surface area contributed by atoms with Crippen LogP contribution in [-0.4, -0.2) is 62.5 Å². The van der Waals surface area contributed by atoms with E-state index in [4.69, 9.17) is 9.47 Å². The molecule has 0 spiro atoms. The molecule has 1 aliphatic carbocycles. The average molecular weight is 716 g/mol. The van der Waals surface area contributed by atoms with Crippen molar-refractivity contribution >= 4 is 35.1 Å². The molecule has 12 nitrogen and oxygen atoms in total. The third kappa shape index (κ3) is 7.81. The molecule has 2 atom stereocenters. The Labute approximate surface area is 307 Å². The predicted octanol–water partition coefficient (Wildman–Crippen LogP) is 6.00. The molecule has 4 aromatic rings. The number of amides is 4. The maximum Gasteiger partial charge on any atom is 0.262 e. The SMILES string of the molecule is CC[C@H](c1ccc(OCc2ccnc(C(C)=O)n2)cc1)c1ccc(OC2CCC(Nc3ccc4c(c3)C(=O)N([C@@H]3CCC(=O)NC3=O)C4=O)CC2)cc1. The normalized spacial score (nSPS) is 20.4. The summed E-state index contributed by atoms with van der Waals surface area (Å²) in [7, 11) is 0. The van der Waals surface area contributed by atoms with Gasteiger partial charge in [-0.1, -0.05) is 31.2 Å². The van der Waals surface area contributed by atoms with Crippen molar-refractivity contribution in [1.29, 1.82) is 0 Å². The number of rotatable bonds is 12. The molecule has 53 heavy (non-hydrogen) atoms. The van der Waals surface area contributed by atoms with Crippen molar-refractivity contribution in [3.05, 3.63) is 113 Å². The molecule has 1 aromatic heterocycles. The molecule has 2 N–H and O–H groups in total. The predicted molar refractivity (Wildman–Crippen MR) is 195 cm³/mol. The number of Topliss-reactive ketones (excluding diaryl/α,β-unsaturated/α-hetero) is 1. The van der Waals surface area contributed by atoms with Crippen LogP contribution in [0.2, 0.25) is 0 Å². The number of hydrogen-bond acceptors (Lipinski definition) is 10. The number of aromatic nitrogens is 2. The second kappa shape index (κ2) is 15.4. The lowest BCUT2D eigenvalue weighted by Crippen LogP contribution is -2.54. The zero-order valence-corrected chi connectivity index (χ0v) is 29.7. The first kappa shape index (κ1) is 35.5. The van der Waals surface area contributed by atoms with Gasteiger partial charge in [-0.2, -0.15) is 0 Å². The van der Waals surface area contributed by atoms with Crippen molar-refractivity contribution in [2.24, 2.45) is 0 Å². The number of carbonyl (C=O) groups excluding carboxylic acids is 5. The van der Waals surface area contributed by atoms with Crippen LogP contribution in [0.3, 0.4) is 0 Å². The molecule has 3 heterocycles. The monoisotopic (exact) mass is 715 g/mol. The van der Waals surface area contributed by atoms with Crippen molar-refractivity contribution < 1.29 is 33.4 Å². The van der Waals surface area contributed by atoms with E-state index >= 15 is 0 Å². The minimum absolute atomic E-state index is 0.0838. The standard InChI is InChI=1S/C41H41N5O7/c1-3-33(25-4-11-30(12-5-25)52-23-29-20-21-42-38(44-29)24(2)47)26-6-13-31(14-7-26)53-32-15-8-27(9-16-32)43-28-10-17-34-35(22-28)41(51)46(40(34)50)36-18-19-37(48)45-39(36)49/h4-7,10-14,17,20-22,27,32-33,36,43H,3,8-9,15-16,18-19,23H2,1-2H3,(H,45,48,49)/t27?,32?,33-,36-/m1/s1. The fourth-order valence-electron chi connectivity index (χ4n) is 7.36. The summed E-state index contributed by atoms with van der Waals surface area (Å²) in [5, 5.41) is 5.75. The first-order chi connectivity index (χ1) is 25.7. The Hall–Kier alpha value is -5.91. The van der Waals surface area contributed by atoms with Gasteiger partial charge in [-0.3, -0.25) is 34.2 Å². The Bertz CT molecular complexity index is 2040. The number of ketones is 1.